The Bertz CT molecular complexity index is 507. The summed E-state index contributed by atoms with van der Waals surface area (Å²) in [5.41, 5.74) is -0.796. The number of carboxylic acids is 1. The van der Waals surface area contributed by atoms with E-state index in [2.05, 4.69) is 4.84 Å². The summed E-state index contributed by atoms with van der Waals surface area (Å²) in [5.74, 6) is 3.91. The third-order valence-corrected chi connectivity index (χ3v) is 3.63. The fraction of sp³-hybridized carbons (Fsp3) is 0.385. The van der Waals surface area contributed by atoms with E-state index in [0.29, 0.717) is 0 Å². The normalized spacial score (nSPS) is 25.6. The summed E-state index contributed by atoms with van der Waals surface area (Å²) in [4.78, 5) is 28.6. The molecule has 0 unspecified atom stereocenters. The van der Waals surface area contributed by atoms with Crippen molar-refractivity contribution >= 4 is 12.1 Å². The van der Waals surface area contributed by atoms with Gasteiger partial charge in [-0.1, -0.05) is 30.3 Å². The lowest BCUT2D eigenvalue weighted by Crippen LogP contribution is -2.54. The van der Waals surface area contributed by atoms with Gasteiger partial charge < -0.3 is 10.2 Å². The van der Waals surface area contributed by atoms with Crippen LogP contribution in [-0.2, 0) is 16.1 Å². The lowest BCUT2D eigenvalue weighted by atomic mass is 9.88. The average Bonchev–Trinajstić information content (AvgIpc) is 2.80. The zero-order chi connectivity index (χ0) is 14.8. The molecule has 1 aliphatic heterocycles. The third kappa shape index (κ3) is 2.45. The third-order valence-electron chi connectivity index (χ3n) is 3.63. The molecule has 1 saturated heterocycles. The molecule has 4 N–H and O–H groups in total. The molecule has 7 nitrogen and oxygen atoms in total. The Kier molecular flexibility index (Phi) is 3.91. The van der Waals surface area contributed by atoms with Crippen LogP contribution in [0.2, 0.25) is 0 Å². The Balaban J connectivity index is 2.37. The van der Waals surface area contributed by atoms with E-state index in [1.807, 2.05) is 6.07 Å². The van der Waals surface area contributed by atoms with Crippen LogP contribution >= 0.6 is 0 Å². The number of hydrogen-bond donors (Lipinski definition) is 3. The topological polar surface area (TPSA) is 113 Å². The number of carboxylic acid groups (broad SMARTS) is 2. The Morgan fingerprint density at radius 1 is 1.35 bits per heavy atom. The van der Waals surface area contributed by atoms with Crippen LogP contribution in [0, 0.1) is 0 Å². The Labute approximate surface area is 115 Å². The highest BCUT2D eigenvalue weighted by atomic mass is 16.6. The first-order valence-electron chi connectivity index (χ1n) is 6.13. The minimum absolute atomic E-state index is 0.0278. The Morgan fingerprint density at radius 3 is 2.50 bits per heavy atom. The van der Waals surface area contributed by atoms with E-state index >= 15 is 0 Å². The van der Waals surface area contributed by atoms with Gasteiger partial charge in [0.05, 0.1) is 12.6 Å². The van der Waals surface area contributed by atoms with E-state index in [-0.39, 0.29) is 19.4 Å². The van der Waals surface area contributed by atoms with Gasteiger partial charge in [-0.05, 0) is 5.56 Å². The van der Waals surface area contributed by atoms with Gasteiger partial charge in [-0.3, -0.25) is 9.74 Å². The van der Waals surface area contributed by atoms with Gasteiger partial charge in [0.1, 0.15) is 5.54 Å². The van der Waals surface area contributed by atoms with E-state index in [0.717, 1.165) is 10.5 Å². The van der Waals surface area contributed by atoms with Crippen LogP contribution in [0.3, 0.4) is 0 Å². The van der Waals surface area contributed by atoms with Gasteiger partial charge in [-0.15, -0.1) is 0 Å². The van der Waals surface area contributed by atoms with Crippen molar-refractivity contribution < 1.29 is 24.6 Å². The summed E-state index contributed by atoms with van der Waals surface area (Å²) in [6.07, 6.45) is -1.80. The number of aliphatic carboxylic acids is 1. The maximum atomic E-state index is 11.7. The number of likely N-dealkylation sites (tertiary alicyclic amines) is 1. The summed E-state index contributed by atoms with van der Waals surface area (Å²) in [6.45, 7) is -0.0506. The van der Waals surface area contributed by atoms with Gasteiger partial charge in [0.15, 0.2) is 0 Å². The number of hydrogen-bond acceptors (Lipinski definition) is 4. The van der Waals surface area contributed by atoms with Crippen LogP contribution in [-0.4, -0.2) is 45.4 Å². The molecule has 1 aliphatic rings. The maximum absolute atomic E-state index is 11.7. The molecular formula is C13H16N2O5. The summed E-state index contributed by atoms with van der Waals surface area (Å²) < 4.78 is 0. The van der Waals surface area contributed by atoms with Gasteiger partial charge in [0, 0.05) is 12.8 Å². The molecule has 0 spiro atoms. The number of carbonyl (C=O) groups is 2. The highest BCUT2D eigenvalue weighted by Crippen LogP contribution is 2.34. The molecule has 1 amide bonds. The van der Waals surface area contributed by atoms with Crippen molar-refractivity contribution in [3.8, 4) is 0 Å². The van der Waals surface area contributed by atoms with Crippen LogP contribution in [0.4, 0.5) is 4.79 Å². The van der Waals surface area contributed by atoms with Crippen molar-refractivity contribution in [2.24, 2.45) is 5.90 Å². The first-order chi connectivity index (χ1) is 9.49. The molecule has 108 valence electrons. The van der Waals surface area contributed by atoms with Gasteiger partial charge in [0.2, 0.25) is 0 Å². The molecule has 0 bridgehead atoms. The highest BCUT2D eigenvalue weighted by molar-refractivity contribution is 5.85. The molecule has 0 aromatic heterocycles. The molecule has 1 aromatic carbocycles. The fourth-order valence-corrected chi connectivity index (χ4v) is 2.66. The molecule has 0 radical (unpaired) electrons. The van der Waals surface area contributed by atoms with E-state index in [1.165, 1.54) is 0 Å². The minimum atomic E-state index is -1.54. The first-order valence-corrected chi connectivity index (χ1v) is 6.13. The number of benzene rings is 1. The van der Waals surface area contributed by atoms with E-state index in [4.69, 9.17) is 5.90 Å². The summed E-state index contributed by atoms with van der Waals surface area (Å²) in [7, 11) is 0. The monoisotopic (exact) mass is 280 g/mol. The van der Waals surface area contributed by atoms with Crippen molar-refractivity contribution in [3.05, 3.63) is 35.9 Å². The standard InChI is InChI=1S/C13H16N2O5/c14-20-10-7-13(11(16)17,15(8-10)12(18)19)6-9-4-2-1-3-5-9/h1-5,10H,6-8,14H2,(H,16,17)(H,18,19)/t10-,13+/m1/s1. The maximum Gasteiger partial charge on any atom is 0.408 e. The molecule has 1 fully saturated rings. The zero-order valence-corrected chi connectivity index (χ0v) is 10.7. The van der Waals surface area contributed by atoms with E-state index in [9.17, 15) is 19.8 Å². The minimum Gasteiger partial charge on any atom is -0.479 e. The summed E-state index contributed by atoms with van der Waals surface area (Å²) in [5, 5.41) is 18.8. The van der Waals surface area contributed by atoms with Gasteiger partial charge >= 0.3 is 12.1 Å². The first kappa shape index (κ1) is 14.3. The van der Waals surface area contributed by atoms with Gasteiger partial charge in [-0.2, -0.15) is 0 Å². The molecule has 20 heavy (non-hydrogen) atoms. The number of nitrogens with two attached hydrogens (primary N) is 1. The second-order valence-electron chi connectivity index (χ2n) is 4.85. The van der Waals surface area contributed by atoms with Crippen LogP contribution in [0.5, 0.6) is 0 Å². The van der Waals surface area contributed by atoms with Crippen LogP contribution in [0.15, 0.2) is 30.3 Å². The SMILES string of the molecule is NO[C@H]1CN(C(=O)O)[C@](Cc2ccccc2)(C(=O)O)C1. The molecule has 2 rings (SSSR count). The van der Waals surface area contributed by atoms with Gasteiger partial charge in [0.25, 0.3) is 0 Å². The lowest BCUT2D eigenvalue weighted by Gasteiger charge is -2.32. The molecular weight excluding hydrogens is 264 g/mol. The molecule has 0 saturated carbocycles. The second-order valence-corrected chi connectivity index (χ2v) is 4.85. The van der Waals surface area contributed by atoms with Crippen molar-refractivity contribution in [2.75, 3.05) is 6.54 Å². The predicted octanol–water partition coefficient (Wildman–Crippen LogP) is 0.695. The number of amides is 1. The largest absolute Gasteiger partial charge is 0.479 e. The predicted molar refractivity (Wildman–Crippen MR) is 68.9 cm³/mol. The average molecular weight is 280 g/mol. The lowest BCUT2D eigenvalue weighted by molar-refractivity contribution is -0.148. The van der Waals surface area contributed by atoms with E-state index in [1.54, 1.807) is 24.3 Å². The smallest absolute Gasteiger partial charge is 0.408 e. The zero-order valence-electron chi connectivity index (χ0n) is 10.7. The molecule has 2 atom stereocenters. The quantitative estimate of drug-likeness (QED) is 0.699. The van der Waals surface area contributed by atoms with Crippen molar-refractivity contribution in [2.45, 2.75) is 24.5 Å². The van der Waals surface area contributed by atoms with Crippen LogP contribution < -0.4 is 5.90 Å². The Hall–Kier alpha value is -2.12. The summed E-state index contributed by atoms with van der Waals surface area (Å²) >= 11 is 0. The fourth-order valence-electron chi connectivity index (χ4n) is 2.66. The van der Waals surface area contributed by atoms with Gasteiger partial charge in [-0.25, -0.2) is 15.5 Å². The van der Waals surface area contributed by atoms with Crippen molar-refractivity contribution in [1.29, 1.82) is 0 Å². The molecule has 1 heterocycles. The summed E-state index contributed by atoms with van der Waals surface area (Å²) in [6, 6.07) is 8.90. The van der Waals surface area contributed by atoms with E-state index < -0.39 is 23.7 Å². The second kappa shape index (κ2) is 5.48. The number of rotatable bonds is 4. The number of nitrogens with zero attached hydrogens (tertiary/aromatic N) is 1. The highest BCUT2D eigenvalue weighted by Gasteiger charge is 2.54. The molecule has 0 aliphatic carbocycles. The van der Waals surface area contributed by atoms with Crippen LogP contribution in [0.1, 0.15) is 12.0 Å². The van der Waals surface area contributed by atoms with Crippen molar-refractivity contribution in [3.63, 3.8) is 0 Å². The molecule has 1 aromatic rings. The van der Waals surface area contributed by atoms with Crippen molar-refractivity contribution in [1.82, 2.24) is 4.90 Å². The van der Waals surface area contributed by atoms with Crippen LogP contribution in [0.25, 0.3) is 0 Å². The molecule has 7 heteroatoms. The Morgan fingerprint density at radius 2 is 2.00 bits per heavy atom.